The zero-order valence-electron chi connectivity index (χ0n) is 14.6. The molecular weight excluding hydrogens is 260 g/mol. The Kier molecular flexibility index (Phi) is 6.97. The summed E-state index contributed by atoms with van der Waals surface area (Å²) in [4.78, 5) is 2.64. The van der Waals surface area contributed by atoms with E-state index in [1.807, 2.05) is 0 Å². The van der Waals surface area contributed by atoms with Crippen molar-refractivity contribution in [3.05, 3.63) is 0 Å². The number of likely N-dealkylation sites (N-methyl/N-ethyl adjacent to an activating group) is 2. The summed E-state index contributed by atoms with van der Waals surface area (Å²) in [5.74, 6) is 2.46. The Bertz CT molecular complexity index is 289. The first-order valence-corrected chi connectivity index (χ1v) is 9.13. The number of hydrogen-bond donors (Lipinski definition) is 1. The molecule has 0 amide bonds. The van der Waals surface area contributed by atoms with Crippen LogP contribution in [-0.2, 0) is 4.74 Å². The minimum atomic E-state index is 0.680. The third-order valence-corrected chi connectivity index (χ3v) is 5.63. The SMILES string of the molecule is CCNC1CCC(C(C)C)CC1N(C)CC1CCCOC1. The summed E-state index contributed by atoms with van der Waals surface area (Å²) in [6.07, 6.45) is 6.68. The molecule has 4 unspecified atom stereocenters. The fourth-order valence-corrected chi connectivity index (χ4v) is 4.27. The van der Waals surface area contributed by atoms with Gasteiger partial charge in [0.1, 0.15) is 0 Å². The Labute approximate surface area is 131 Å². The molecule has 0 aromatic heterocycles. The van der Waals surface area contributed by atoms with Crippen molar-refractivity contribution >= 4 is 0 Å². The maximum atomic E-state index is 5.66. The summed E-state index contributed by atoms with van der Waals surface area (Å²) in [5.41, 5.74) is 0. The van der Waals surface area contributed by atoms with Crippen LogP contribution in [0, 0.1) is 17.8 Å². The minimum absolute atomic E-state index is 0.680. The molecule has 0 aromatic rings. The molecule has 0 radical (unpaired) electrons. The van der Waals surface area contributed by atoms with Crippen LogP contribution in [0.2, 0.25) is 0 Å². The normalized spacial score (nSPS) is 34.6. The molecule has 2 rings (SSSR count). The molecule has 1 aliphatic heterocycles. The van der Waals surface area contributed by atoms with Gasteiger partial charge in [0.25, 0.3) is 0 Å². The monoisotopic (exact) mass is 296 g/mol. The number of nitrogens with one attached hydrogen (secondary N) is 1. The predicted molar refractivity (Wildman–Crippen MR) is 89.6 cm³/mol. The summed E-state index contributed by atoms with van der Waals surface area (Å²) in [5, 5.41) is 3.74. The molecule has 3 nitrogen and oxygen atoms in total. The molecule has 0 spiro atoms. The molecule has 1 saturated carbocycles. The molecule has 2 aliphatic rings. The zero-order chi connectivity index (χ0) is 15.2. The molecule has 1 saturated heterocycles. The average Bonchev–Trinajstić information content (AvgIpc) is 2.48. The van der Waals surface area contributed by atoms with Crippen molar-refractivity contribution in [3.8, 4) is 0 Å². The lowest BCUT2D eigenvalue weighted by atomic mass is 9.76. The Morgan fingerprint density at radius 3 is 2.67 bits per heavy atom. The van der Waals surface area contributed by atoms with E-state index in [0.29, 0.717) is 12.1 Å². The van der Waals surface area contributed by atoms with E-state index < -0.39 is 0 Å². The van der Waals surface area contributed by atoms with Crippen molar-refractivity contribution in [2.75, 3.05) is 33.4 Å². The molecule has 1 aliphatic carbocycles. The lowest BCUT2D eigenvalue weighted by Gasteiger charge is -2.44. The number of hydrogen-bond acceptors (Lipinski definition) is 3. The van der Waals surface area contributed by atoms with Crippen LogP contribution >= 0.6 is 0 Å². The lowest BCUT2D eigenvalue weighted by molar-refractivity contribution is 0.0233. The summed E-state index contributed by atoms with van der Waals surface area (Å²) in [6, 6.07) is 1.38. The van der Waals surface area contributed by atoms with Gasteiger partial charge in [-0.05, 0) is 63.5 Å². The molecule has 4 atom stereocenters. The van der Waals surface area contributed by atoms with Crippen molar-refractivity contribution in [1.29, 1.82) is 0 Å². The topological polar surface area (TPSA) is 24.5 Å². The van der Waals surface area contributed by atoms with Crippen molar-refractivity contribution in [1.82, 2.24) is 10.2 Å². The van der Waals surface area contributed by atoms with E-state index in [1.54, 1.807) is 0 Å². The fourth-order valence-electron chi connectivity index (χ4n) is 4.27. The quantitative estimate of drug-likeness (QED) is 0.815. The van der Waals surface area contributed by atoms with E-state index in [-0.39, 0.29) is 0 Å². The van der Waals surface area contributed by atoms with Gasteiger partial charge in [0.15, 0.2) is 0 Å². The number of ether oxygens (including phenoxy) is 1. The van der Waals surface area contributed by atoms with Crippen LogP contribution in [0.15, 0.2) is 0 Å². The van der Waals surface area contributed by atoms with Gasteiger partial charge in [0.2, 0.25) is 0 Å². The smallest absolute Gasteiger partial charge is 0.0506 e. The number of rotatable bonds is 6. The average molecular weight is 296 g/mol. The van der Waals surface area contributed by atoms with Gasteiger partial charge < -0.3 is 15.0 Å². The third kappa shape index (κ3) is 4.94. The second-order valence-corrected chi connectivity index (χ2v) is 7.57. The second kappa shape index (κ2) is 8.50. The first-order valence-electron chi connectivity index (χ1n) is 9.13. The van der Waals surface area contributed by atoms with Crippen molar-refractivity contribution in [3.63, 3.8) is 0 Å². The minimum Gasteiger partial charge on any atom is -0.381 e. The van der Waals surface area contributed by atoms with E-state index in [2.05, 4.69) is 38.0 Å². The Morgan fingerprint density at radius 1 is 1.24 bits per heavy atom. The Hall–Kier alpha value is -0.120. The van der Waals surface area contributed by atoms with Crippen LogP contribution in [0.4, 0.5) is 0 Å². The highest BCUT2D eigenvalue weighted by Crippen LogP contribution is 2.33. The zero-order valence-corrected chi connectivity index (χ0v) is 14.6. The van der Waals surface area contributed by atoms with Gasteiger partial charge in [-0.3, -0.25) is 0 Å². The highest BCUT2D eigenvalue weighted by atomic mass is 16.5. The summed E-state index contributed by atoms with van der Waals surface area (Å²) in [7, 11) is 2.34. The van der Waals surface area contributed by atoms with Crippen LogP contribution in [0.3, 0.4) is 0 Å². The lowest BCUT2D eigenvalue weighted by Crippen LogP contribution is -2.53. The molecule has 0 bridgehead atoms. The van der Waals surface area contributed by atoms with E-state index in [4.69, 9.17) is 4.74 Å². The molecule has 0 aromatic carbocycles. The van der Waals surface area contributed by atoms with Crippen molar-refractivity contribution in [2.24, 2.45) is 17.8 Å². The number of nitrogens with zero attached hydrogens (tertiary/aromatic N) is 1. The molecule has 21 heavy (non-hydrogen) atoms. The Morgan fingerprint density at radius 2 is 2.05 bits per heavy atom. The maximum absolute atomic E-state index is 5.66. The van der Waals surface area contributed by atoms with Crippen LogP contribution in [0.5, 0.6) is 0 Å². The van der Waals surface area contributed by atoms with E-state index >= 15 is 0 Å². The second-order valence-electron chi connectivity index (χ2n) is 7.57. The highest BCUT2D eigenvalue weighted by Gasteiger charge is 2.34. The van der Waals surface area contributed by atoms with Gasteiger partial charge in [-0.2, -0.15) is 0 Å². The van der Waals surface area contributed by atoms with Gasteiger partial charge in [-0.15, -0.1) is 0 Å². The standard InChI is InChI=1S/C18H36N2O/c1-5-19-17-9-8-16(14(2)3)11-18(17)20(4)12-15-7-6-10-21-13-15/h14-19H,5-13H2,1-4H3. The molecule has 1 heterocycles. The van der Waals surface area contributed by atoms with Crippen LogP contribution in [0.1, 0.15) is 52.9 Å². The van der Waals surface area contributed by atoms with Crippen LogP contribution < -0.4 is 5.32 Å². The maximum Gasteiger partial charge on any atom is 0.0506 e. The van der Waals surface area contributed by atoms with Crippen molar-refractivity contribution < 1.29 is 4.74 Å². The first-order chi connectivity index (χ1) is 10.1. The van der Waals surface area contributed by atoms with E-state index in [0.717, 1.165) is 37.5 Å². The first kappa shape index (κ1) is 17.2. The van der Waals surface area contributed by atoms with Gasteiger partial charge in [0, 0.05) is 25.2 Å². The molecule has 1 N–H and O–H groups in total. The van der Waals surface area contributed by atoms with Crippen LogP contribution in [0.25, 0.3) is 0 Å². The van der Waals surface area contributed by atoms with Gasteiger partial charge in [-0.1, -0.05) is 20.8 Å². The molecular formula is C18H36N2O. The van der Waals surface area contributed by atoms with E-state index in [9.17, 15) is 0 Å². The summed E-state index contributed by atoms with van der Waals surface area (Å²) >= 11 is 0. The van der Waals surface area contributed by atoms with Gasteiger partial charge in [-0.25, -0.2) is 0 Å². The Balaban J connectivity index is 1.93. The van der Waals surface area contributed by atoms with Crippen molar-refractivity contribution in [2.45, 2.75) is 65.0 Å². The summed E-state index contributed by atoms with van der Waals surface area (Å²) in [6.45, 7) is 11.3. The van der Waals surface area contributed by atoms with Gasteiger partial charge >= 0.3 is 0 Å². The van der Waals surface area contributed by atoms with Crippen LogP contribution in [-0.4, -0.2) is 50.3 Å². The molecule has 3 heteroatoms. The molecule has 124 valence electrons. The third-order valence-electron chi connectivity index (χ3n) is 5.63. The fraction of sp³-hybridized carbons (Fsp3) is 1.00. The highest BCUT2D eigenvalue weighted by molar-refractivity contribution is 4.91. The van der Waals surface area contributed by atoms with Gasteiger partial charge in [0.05, 0.1) is 6.61 Å². The molecule has 2 fully saturated rings. The summed E-state index contributed by atoms with van der Waals surface area (Å²) < 4.78 is 5.66. The largest absolute Gasteiger partial charge is 0.381 e. The van der Waals surface area contributed by atoms with E-state index in [1.165, 1.54) is 38.6 Å². The predicted octanol–water partition coefficient (Wildman–Crippen LogP) is 3.15.